The van der Waals surface area contributed by atoms with E-state index in [9.17, 15) is 0 Å². The first-order chi connectivity index (χ1) is 11.2. The minimum absolute atomic E-state index is 0.390. The van der Waals surface area contributed by atoms with Crippen molar-refractivity contribution in [2.24, 2.45) is 10.9 Å². The van der Waals surface area contributed by atoms with Gasteiger partial charge in [0.2, 0.25) is 0 Å². The number of likely N-dealkylation sites (tertiary alicyclic amines) is 1. The van der Waals surface area contributed by atoms with Crippen molar-refractivity contribution in [3.8, 4) is 0 Å². The van der Waals surface area contributed by atoms with Crippen LogP contribution >= 0.6 is 0 Å². The van der Waals surface area contributed by atoms with Crippen LogP contribution in [-0.2, 0) is 6.54 Å². The van der Waals surface area contributed by atoms with Crippen molar-refractivity contribution in [1.29, 1.82) is 0 Å². The van der Waals surface area contributed by atoms with Gasteiger partial charge in [-0.05, 0) is 37.6 Å². The highest BCUT2D eigenvalue weighted by atomic mass is 16.5. The molecular weight excluding hydrogens is 290 g/mol. The summed E-state index contributed by atoms with van der Waals surface area (Å²) in [6.45, 7) is 8.31. The molecule has 1 aliphatic heterocycles. The second-order valence-electron chi connectivity index (χ2n) is 7.06. The molecule has 0 amide bonds. The van der Waals surface area contributed by atoms with Crippen molar-refractivity contribution in [2.75, 3.05) is 26.7 Å². The lowest BCUT2D eigenvalue weighted by Crippen LogP contribution is -2.40. The van der Waals surface area contributed by atoms with E-state index in [2.05, 4.69) is 39.5 Å². The fourth-order valence-corrected chi connectivity index (χ4v) is 3.12. The second-order valence-corrected chi connectivity index (χ2v) is 7.06. The molecular formula is C17H29N5O. The molecule has 6 nitrogen and oxygen atoms in total. The lowest BCUT2D eigenvalue weighted by molar-refractivity contribution is 0.314. The largest absolute Gasteiger partial charge is 0.359 e. The predicted molar refractivity (Wildman–Crippen MR) is 91.5 cm³/mol. The summed E-state index contributed by atoms with van der Waals surface area (Å²) in [5.74, 6) is 2.79. The van der Waals surface area contributed by atoms with Crippen LogP contribution < -0.4 is 10.6 Å². The van der Waals surface area contributed by atoms with Gasteiger partial charge < -0.3 is 20.1 Å². The average Bonchev–Trinajstić information content (AvgIpc) is 3.10. The molecule has 1 aromatic heterocycles. The summed E-state index contributed by atoms with van der Waals surface area (Å²) in [7, 11) is 1.81. The quantitative estimate of drug-likeness (QED) is 0.620. The van der Waals surface area contributed by atoms with Crippen LogP contribution in [0, 0.1) is 5.92 Å². The molecule has 2 aliphatic rings. The number of rotatable bonds is 6. The molecule has 6 heteroatoms. The van der Waals surface area contributed by atoms with Crippen LogP contribution in [0.4, 0.5) is 0 Å². The fourth-order valence-electron chi connectivity index (χ4n) is 3.12. The molecule has 23 heavy (non-hydrogen) atoms. The number of aromatic nitrogens is 1. The Labute approximate surface area is 138 Å². The van der Waals surface area contributed by atoms with Crippen LogP contribution in [0.3, 0.4) is 0 Å². The van der Waals surface area contributed by atoms with E-state index in [1.807, 2.05) is 6.07 Å². The number of hydrogen-bond donors (Lipinski definition) is 2. The van der Waals surface area contributed by atoms with Crippen molar-refractivity contribution < 1.29 is 4.52 Å². The summed E-state index contributed by atoms with van der Waals surface area (Å²) in [4.78, 5) is 6.93. The molecule has 3 rings (SSSR count). The minimum atomic E-state index is 0.390. The smallest absolute Gasteiger partial charge is 0.191 e. The van der Waals surface area contributed by atoms with Gasteiger partial charge in [-0.3, -0.25) is 4.99 Å². The van der Waals surface area contributed by atoms with Gasteiger partial charge in [0.15, 0.2) is 11.7 Å². The van der Waals surface area contributed by atoms with Crippen molar-refractivity contribution >= 4 is 5.96 Å². The molecule has 2 heterocycles. The maximum Gasteiger partial charge on any atom is 0.191 e. The van der Waals surface area contributed by atoms with E-state index in [4.69, 9.17) is 4.52 Å². The molecule has 1 aliphatic carbocycles. The molecule has 0 spiro atoms. The van der Waals surface area contributed by atoms with E-state index in [-0.39, 0.29) is 0 Å². The predicted octanol–water partition coefficient (Wildman–Crippen LogP) is 1.95. The molecule has 128 valence electrons. The van der Waals surface area contributed by atoms with Crippen molar-refractivity contribution in [3.05, 3.63) is 17.5 Å². The zero-order chi connectivity index (χ0) is 16.2. The van der Waals surface area contributed by atoms with Gasteiger partial charge in [-0.15, -0.1) is 0 Å². The summed E-state index contributed by atoms with van der Waals surface area (Å²) < 4.78 is 5.34. The molecule has 1 atom stereocenters. The lowest BCUT2D eigenvalue weighted by Gasteiger charge is -2.16. The topological polar surface area (TPSA) is 65.7 Å². The number of aliphatic imine (C=N–C) groups is 1. The van der Waals surface area contributed by atoms with E-state index in [1.165, 1.54) is 32.4 Å². The molecule has 1 saturated carbocycles. The van der Waals surface area contributed by atoms with Crippen LogP contribution in [0.15, 0.2) is 15.6 Å². The van der Waals surface area contributed by atoms with Crippen LogP contribution in [0.5, 0.6) is 0 Å². The molecule has 0 bridgehead atoms. The Morgan fingerprint density at radius 1 is 1.39 bits per heavy atom. The van der Waals surface area contributed by atoms with Crippen LogP contribution in [-0.4, -0.2) is 48.7 Å². The second kappa shape index (κ2) is 7.34. The Morgan fingerprint density at radius 3 is 2.87 bits per heavy atom. The number of hydrogen-bond acceptors (Lipinski definition) is 4. The Balaban J connectivity index is 1.39. The third-order valence-electron chi connectivity index (χ3n) is 4.76. The maximum absolute atomic E-state index is 5.34. The van der Waals surface area contributed by atoms with Gasteiger partial charge >= 0.3 is 0 Å². The van der Waals surface area contributed by atoms with Crippen LogP contribution in [0.25, 0.3) is 0 Å². The third kappa shape index (κ3) is 4.47. The van der Waals surface area contributed by atoms with Gasteiger partial charge in [0.05, 0.1) is 12.2 Å². The van der Waals surface area contributed by atoms with E-state index < -0.39 is 0 Å². The van der Waals surface area contributed by atoms with E-state index in [0.29, 0.717) is 12.5 Å². The molecule has 2 N–H and O–H groups in total. The summed E-state index contributed by atoms with van der Waals surface area (Å²) in [5, 5.41) is 10.8. The summed E-state index contributed by atoms with van der Waals surface area (Å²) in [6, 6.07) is 2.90. The fraction of sp³-hybridized carbons (Fsp3) is 0.765. The highest BCUT2D eigenvalue weighted by Crippen LogP contribution is 2.31. The zero-order valence-electron chi connectivity index (χ0n) is 14.5. The zero-order valence-corrected chi connectivity index (χ0v) is 14.5. The molecule has 0 radical (unpaired) electrons. The monoisotopic (exact) mass is 319 g/mol. The van der Waals surface area contributed by atoms with Gasteiger partial charge in [-0.2, -0.15) is 0 Å². The van der Waals surface area contributed by atoms with Crippen molar-refractivity contribution in [1.82, 2.24) is 20.7 Å². The van der Waals surface area contributed by atoms with Gasteiger partial charge in [0.25, 0.3) is 0 Å². The van der Waals surface area contributed by atoms with Crippen LogP contribution in [0.2, 0.25) is 0 Å². The highest BCUT2D eigenvalue weighted by Gasteiger charge is 2.34. The number of nitrogens with one attached hydrogen (secondary N) is 2. The molecule has 2 fully saturated rings. The number of nitrogens with zero attached hydrogens (tertiary/aromatic N) is 3. The van der Waals surface area contributed by atoms with Gasteiger partial charge in [0, 0.05) is 32.2 Å². The Morgan fingerprint density at radius 2 is 2.22 bits per heavy atom. The molecule has 0 aromatic carbocycles. The normalized spacial score (nSPS) is 22.8. The third-order valence-corrected chi connectivity index (χ3v) is 4.76. The molecule has 1 saturated heterocycles. The highest BCUT2D eigenvalue weighted by molar-refractivity contribution is 5.79. The van der Waals surface area contributed by atoms with Crippen LogP contribution in [0.1, 0.15) is 50.5 Å². The van der Waals surface area contributed by atoms with Gasteiger partial charge in [0.1, 0.15) is 0 Å². The van der Waals surface area contributed by atoms with E-state index in [0.717, 1.165) is 35.9 Å². The summed E-state index contributed by atoms with van der Waals surface area (Å²) in [6.07, 6.45) is 4.10. The maximum atomic E-state index is 5.34. The van der Waals surface area contributed by atoms with Gasteiger partial charge in [-0.1, -0.05) is 19.0 Å². The minimum Gasteiger partial charge on any atom is -0.359 e. The standard InChI is InChI=1S/C17H29N5O/c1-12(2)16-8-15(23-21-16)10-20-17(18-3)19-9-13-6-7-22(11-13)14-4-5-14/h8,12-14H,4-7,9-11H2,1-3H3,(H2,18,19,20). The summed E-state index contributed by atoms with van der Waals surface area (Å²) >= 11 is 0. The SMILES string of the molecule is CN=C(NCc1cc(C(C)C)no1)NCC1CCN(C2CC2)C1. The van der Waals surface area contributed by atoms with Crippen molar-refractivity contribution in [3.63, 3.8) is 0 Å². The Hall–Kier alpha value is -1.56. The van der Waals surface area contributed by atoms with Crippen molar-refractivity contribution in [2.45, 2.75) is 51.6 Å². The van der Waals surface area contributed by atoms with Gasteiger partial charge in [-0.25, -0.2) is 0 Å². The average molecular weight is 319 g/mol. The first kappa shape index (κ1) is 16.3. The molecule has 1 unspecified atom stereocenters. The van der Waals surface area contributed by atoms with E-state index in [1.54, 1.807) is 7.05 Å². The first-order valence-electron chi connectivity index (χ1n) is 8.79. The Bertz CT molecular complexity index is 535. The molecule has 1 aromatic rings. The lowest BCUT2D eigenvalue weighted by atomic mass is 10.1. The Kier molecular flexibility index (Phi) is 5.20. The number of guanidine groups is 1. The summed E-state index contributed by atoms with van der Waals surface area (Å²) in [5.41, 5.74) is 0.996. The van der Waals surface area contributed by atoms with E-state index >= 15 is 0 Å². The first-order valence-corrected chi connectivity index (χ1v) is 8.79.